The molecule has 0 aliphatic carbocycles. The average molecular weight is 390 g/mol. The highest BCUT2D eigenvalue weighted by Gasteiger charge is 2.47. The lowest BCUT2D eigenvalue weighted by atomic mass is 10.1. The van der Waals surface area contributed by atoms with Gasteiger partial charge in [0.05, 0.1) is 21.6 Å². The largest absolute Gasteiger partial charge is 0.501 e. The van der Waals surface area contributed by atoms with Crippen molar-refractivity contribution in [3.05, 3.63) is 64.2 Å². The van der Waals surface area contributed by atoms with Crippen LogP contribution in [-0.4, -0.2) is 30.5 Å². The smallest absolute Gasteiger partial charge is 0.387 e. The second-order valence-corrected chi connectivity index (χ2v) is 7.10. The second kappa shape index (κ2) is 7.30. The number of alkyl halides is 3. The number of anilines is 1. The first-order valence-corrected chi connectivity index (χ1v) is 8.59. The maximum atomic E-state index is 12.7. The van der Waals surface area contributed by atoms with Crippen molar-refractivity contribution in [3.63, 3.8) is 0 Å². The van der Waals surface area contributed by atoms with Crippen LogP contribution in [0.4, 0.5) is 24.5 Å². The number of nitro benzene ring substituents is 1. The molecule has 26 heavy (non-hydrogen) atoms. The Kier molecular flexibility index (Phi) is 5.52. The molecule has 2 aromatic rings. The Hall–Kier alpha value is -2.66. The lowest BCUT2D eigenvalue weighted by Crippen LogP contribution is -2.24. The molecule has 2 N–H and O–H groups in total. The summed E-state index contributed by atoms with van der Waals surface area (Å²) in [6, 6.07) is 9.37. The number of aliphatic hydroxyl groups is 1. The van der Waals surface area contributed by atoms with Crippen LogP contribution in [0.25, 0.3) is 0 Å². The van der Waals surface area contributed by atoms with E-state index in [1.807, 2.05) is 0 Å². The molecule has 0 amide bonds. The zero-order chi connectivity index (χ0) is 19.5. The summed E-state index contributed by atoms with van der Waals surface area (Å²) in [6.07, 6.45) is -1.22. The van der Waals surface area contributed by atoms with E-state index in [4.69, 9.17) is 0 Å². The van der Waals surface area contributed by atoms with Crippen molar-refractivity contribution in [2.24, 2.45) is 0 Å². The van der Waals surface area contributed by atoms with Crippen molar-refractivity contribution in [3.8, 4) is 0 Å². The Morgan fingerprint density at radius 2 is 1.69 bits per heavy atom. The van der Waals surface area contributed by atoms with Gasteiger partial charge in [-0.25, -0.2) is 8.42 Å². The van der Waals surface area contributed by atoms with Gasteiger partial charge in [0.25, 0.3) is 15.5 Å². The normalized spacial score (nSPS) is 13.2. The van der Waals surface area contributed by atoms with Gasteiger partial charge in [-0.3, -0.25) is 10.1 Å². The third-order valence-corrected chi connectivity index (χ3v) is 5.00. The van der Waals surface area contributed by atoms with Crippen molar-refractivity contribution in [1.82, 2.24) is 0 Å². The Bertz CT molecular complexity index is 898. The number of halogens is 3. The summed E-state index contributed by atoms with van der Waals surface area (Å²) in [5, 5.41) is 23.1. The number of para-hydroxylation sites is 1. The standard InChI is InChI=1S/C15H13F3N2O5S/c16-15(17,18)26(24,25)14-4-2-1-3-12(14)19-9-13(21)10-5-7-11(8-6-10)20(22)23/h1-8,13,19,21H,9H2. The second-order valence-electron chi connectivity index (χ2n) is 5.19. The first-order valence-electron chi connectivity index (χ1n) is 7.10. The fourth-order valence-corrected chi connectivity index (χ4v) is 3.05. The van der Waals surface area contributed by atoms with Crippen molar-refractivity contribution >= 4 is 21.2 Å². The Morgan fingerprint density at radius 3 is 2.23 bits per heavy atom. The molecule has 0 aliphatic rings. The third kappa shape index (κ3) is 4.11. The predicted octanol–water partition coefficient (Wildman–Crippen LogP) is 3.03. The highest BCUT2D eigenvalue weighted by Crippen LogP contribution is 2.34. The highest BCUT2D eigenvalue weighted by molar-refractivity contribution is 7.92. The van der Waals surface area contributed by atoms with Crippen LogP contribution < -0.4 is 5.32 Å². The molecule has 0 saturated carbocycles. The fraction of sp³-hybridized carbons (Fsp3) is 0.200. The lowest BCUT2D eigenvalue weighted by molar-refractivity contribution is -0.384. The molecule has 0 fully saturated rings. The molecule has 0 spiro atoms. The predicted molar refractivity (Wildman–Crippen MR) is 86.2 cm³/mol. The van der Waals surface area contributed by atoms with Crippen LogP contribution in [0.15, 0.2) is 53.4 Å². The summed E-state index contributed by atoms with van der Waals surface area (Å²) < 4.78 is 61.4. The summed E-state index contributed by atoms with van der Waals surface area (Å²) in [6.45, 7) is -0.303. The number of non-ortho nitro benzene ring substituents is 1. The average Bonchev–Trinajstić information content (AvgIpc) is 2.59. The van der Waals surface area contributed by atoms with Crippen molar-refractivity contribution in [2.45, 2.75) is 16.5 Å². The third-order valence-electron chi connectivity index (χ3n) is 3.46. The SMILES string of the molecule is O=[N+]([O-])c1ccc(C(O)CNc2ccccc2S(=O)(=O)C(F)(F)F)cc1. The Labute approximate surface area is 146 Å². The van der Waals surface area contributed by atoms with Gasteiger partial charge in [0.2, 0.25) is 0 Å². The molecule has 0 aromatic heterocycles. The summed E-state index contributed by atoms with van der Waals surface area (Å²) in [5.74, 6) is 0. The van der Waals surface area contributed by atoms with E-state index < -0.39 is 31.3 Å². The molecule has 0 saturated heterocycles. The zero-order valence-corrected chi connectivity index (χ0v) is 13.8. The van der Waals surface area contributed by atoms with Gasteiger partial charge in [0.1, 0.15) is 0 Å². The molecule has 1 unspecified atom stereocenters. The maximum absolute atomic E-state index is 12.7. The number of nitrogens with one attached hydrogen (secondary N) is 1. The quantitative estimate of drug-likeness (QED) is 0.580. The molecule has 0 radical (unpaired) electrons. The number of nitro groups is 1. The molecule has 140 valence electrons. The molecule has 0 bridgehead atoms. The first kappa shape index (κ1) is 19.7. The molecule has 2 aromatic carbocycles. The molecular weight excluding hydrogens is 377 g/mol. The van der Waals surface area contributed by atoms with Gasteiger partial charge >= 0.3 is 5.51 Å². The number of rotatable bonds is 6. The van der Waals surface area contributed by atoms with E-state index in [0.717, 1.165) is 18.2 Å². The van der Waals surface area contributed by atoms with Gasteiger partial charge in [0.15, 0.2) is 0 Å². The molecule has 11 heteroatoms. The summed E-state index contributed by atoms with van der Waals surface area (Å²) in [5.41, 5.74) is -5.68. The first-order chi connectivity index (χ1) is 12.0. The molecule has 0 heterocycles. The Morgan fingerprint density at radius 1 is 1.12 bits per heavy atom. The number of hydrogen-bond acceptors (Lipinski definition) is 6. The molecule has 1 atom stereocenters. The van der Waals surface area contributed by atoms with E-state index in [2.05, 4.69) is 5.32 Å². The summed E-state index contributed by atoms with van der Waals surface area (Å²) >= 11 is 0. The van der Waals surface area contributed by atoms with E-state index in [0.29, 0.717) is 0 Å². The summed E-state index contributed by atoms with van der Waals surface area (Å²) in [7, 11) is -5.55. The fourth-order valence-electron chi connectivity index (χ4n) is 2.11. The maximum Gasteiger partial charge on any atom is 0.501 e. The monoisotopic (exact) mass is 390 g/mol. The molecule has 7 nitrogen and oxygen atoms in total. The van der Waals surface area contributed by atoms with E-state index in [9.17, 15) is 36.8 Å². The van der Waals surface area contributed by atoms with Gasteiger partial charge in [-0.1, -0.05) is 12.1 Å². The molecule has 0 aliphatic heterocycles. The topological polar surface area (TPSA) is 110 Å². The number of hydrogen-bond donors (Lipinski definition) is 2. The van der Waals surface area contributed by atoms with Gasteiger partial charge < -0.3 is 10.4 Å². The van der Waals surface area contributed by atoms with E-state index in [1.165, 1.54) is 30.3 Å². The highest BCUT2D eigenvalue weighted by atomic mass is 32.2. The van der Waals surface area contributed by atoms with Crippen molar-refractivity contribution in [1.29, 1.82) is 0 Å². The van der Waals surface area contributed by atoms with Crippen molar-refractivity contribution in [2.75, 3.05) is 11.9 Å². The Balaban J connectivity index is 2.19. The van der Waals surface area contributed by atoms with Gasteiger partial charge in [0, 0.05) is 18.7 Å². The van der Waals surface area contributed by atoms with E-state index in [-0.39, 0.29) is 23.5 Å². The number of nitrogens with zero attached hydrogens (tertiary/aromatic N) is 1. The van der Waals surface area contributed by atoms with Crippen LogP contribution in [0, 0.1) is 10.1 Å². The van der Waals surface area contributed by atoms with Crippen LogP contribution >= 0.6 is 0 Å². The zero-order valence-electron chi connectivity index (χ0n) is 13.0. The lowest BCUT2D eigenvalue weighted by Gasteiger charge is -2.16. The van der Waals surface area contributed by atoms with Gasteiger partial charge in [-0.2, -0.15) is 13.2 Å². The number of sulfone groups is 1. The van der Waals surface area contributed by atoms with E-state index in [1.54, 1.807) is 0 Å². The minimum atomic E-state index is -5.55. The van der Waals surface area contributed by atoms with Gasteiger partial charge in [-0.15, -0.1) is 0 Å². The number of benzene rings is 2. The molecule has 2 rings (SSSR count). The van der Waals surface area contributed by atoms with E-state index >= 15 is 0 Å². The van der Waals surface area contributed by atoms with Crippen molar-refractivity contribution < 1.29 is 31.6 Å². The van der Waals surface area contributed by atoms with Crippen LogP contribution in [0.3, 0.4) is 0 Å². The van der Waals surface area contributed by atoms with Crippen LogP contribution in [0.5, 0.6) is 0 Å². The van der Waals surface area contributed by atoms with Crippen LogP contribution in [0.1, 0.15) is 11.7 Å². The van der Waals surface area contributed by atoms with Crippen LogP contribution in [-0.2, 0) is 9.84 Å². The number of aliphatic hydroxyl groups excluding tert-OH is 1. The minimum Gasteiger partial charge on any atom is -0.387 e. The van der Waals surface area contributed by atoms with Gasteiger partial charge in [-0.05, 0) is 29.8 Å². The minimum absolute atomic E-state index is 0.185. The molecular formula is C15H13F3N2O5S. The van der Waals surface area contributed by atoms with Crippen LogP contribution in [0.2, 0.25) is 0 Å². The summed E-state index contributed by atoms with van der Waals surface area (Å²) in [4.78, 5) is 9.01.